The first-order valence-corrected chi connectivity index (χ1v) is 13.9. The third-order valence-electron chi connectivity index (χ3n) is 8.06. The van der Waals surface area contributed by atoms with E-state index < -0.39 is 11.4 Å². The molecule has 218 valence electrons. The van der Waals surface area contributed by atoms with Crippen molar-refractivity contribution in [1.82, 2.24) is 44.8 Å². The topological polar surface area (TPSA) is 140 Å². The van der Waals surface area contributed by atoms with E-state index in [-0.39, 0.29) is 17.9 Å². The number of pyridine rings is 1. The van der Waals surface area contributed by atoms with Crippen molar-refractivity contribution >= 4 is 28.6 Å². The van der Waals surface area contributed by atoms with Crippen LogP contribution in [0.15, 0.2) is 49.1 Å². The molecule has 1 aliphatic carbocycles. The van der Waals surface area contributed by atoms with Crippen molar-refractivity contribution < 1.29 is 13.9 Å². The predicted molar refractivity (Wildman–Crippen MR) is 154 cm³/mol. The molecule has 1 amide bonds. The number of hydrogen-bond donors (Lipinski definition) is 3. The molecule has 1 saturated carbocycles. The fraction of sp³-hybridized carbons (Fsp3) is 0.379. The lowest BCUT2D eigenvalue weighted by Crippen LogP contribution is -2.50. The molecule has 0 radical (unpaired) electrons. The second-order valence-corrected chi connectivity index (χ2v) is 10.9. The maximum atomic E-state index is 13.5. The number of nitrogens with zero attached hydrogens (tertiary/aromatic N) is 7. The lowest BCUT2D eigenvalue weighted by molar-refractivity contribution is -0.148. The highest BCUT2D eigenvalue weighted by molar-refractivity contribution is 5.89. The summed E-state index contributed by atoms with van der Waals surface area (Å²) < 4.78 is 22.5. The molecule has 5 aromatic rings. The Kier molecular flexibility index (Phi) is 7.19. The van der Waals surface area contributed by atoms with Gasteiger partial charge in [0.25, 0.3) is 5.91 Å². The lowest BCUT2D eigenvalue weighted by Gasteiger charge is -2.38. The van der Waals surface area contributed by atoms with Crippen molar-refractivity contribution in [2.45, 2.75) is 57.1 Å². The van der Waals surface area contributed by atoms with Gasteiger partial charge in [-0.15, -0.1) is 0 Å². The molecule has 5 heterocycles. The summed E-state index contributed by atoms with van der Waals surface area (Å²) in [5, 5.41) is 18.5. The van der Waals surface area contributed by atoms with Crippen molar-refractivity contribution in [1.29, 1.82) is 0 Å². The molecule has 5 aromatic heterocycles. The van der Waals surface area contributed by atoms with E-state index in [0.29, 0.717) is 43.1 Å². The maximum Gasteiger partial charge on any atom is 0.252 e. The normalized spacial score (nSPS) is 19.6. The van der Waals surface area contributed by atoms with E-state index in [1.165, 1.54) is 10.9 Å². The van der Waals surface area contributed by atoms with Gasteiger partial charge in [0.05, 0.1) is 23.8 Å². The Labute approximate surface area is 241 Å². The van der Waals surface area contributed by atoms with Gasteiger partial charge < -0.3 is 19.9 Å². The van der Waals surface area contributed by atoms with Crippen LogP contribution in [0.1, 0.15) is 61.6 Å². The Balaban J connectivity index is 1.15. The molecule has 1 aliphatic rings. The van der Waals surface area contributed by atoms with Crippen molar-refractivity contribution in [3.8, 4) is 5.82 Å². The zero-order chi connectivity index (χ0) is 29.4. The van der Waals surface area contributed by atoms with Crippen LogP contribution in [0.2, 0.25) is 0 Å². The third-order valence-corrected chi connectivity index (χ3v) is 8.06. The van der Waals surface area contributed by atoms with Crippen molar-refractivity contribution in [2.24, 2.45) is 7.05 Å². The highest BCUT2D eigenvalue weighted by Crippen LogP contribution is 2.40. The second-order valence-electron chi connectivity index (χ2n) is 10.9. The maximum absolute atomic E-state index is 13.5. The first-order chi connectivity index (χ1) is 20.2. The van der Waals surface area contributed by atoms with E-state index in [2.05, 4.69) is 30.9 Å². The minimum atomic E-state index is -0.951. The molecule has 12 nitrogen and oxygen atoms in total. The van der Waals surface area contributed by atoms with Gasteiger partial charge in [-0.3, -0.25) is 9.89 Å². The smallest absolute Gasteiger partial charge is 0.252 e. The summed E-state index contributed by atoms with van der Waals surface area (Å²) in [4.78, 5) is 27.7. The number of hydrogen-bond acceptors (Lipinski definition) is 8. The number of H-pyrrole nitrogens is 1. The van der Waals surface area contributed by atoms with E-state index >= 15 is 0 Å². The number of fused-ring (bicyclic) bond motifs is 1. The second kappa shape index (κ2) is 11.0. The monoisotopic (exact) mass is 572 g/mol. The Morgan fingerprint density at radius 1 is 1.21 bits per heavy atom. The molecule has 13 heteroatoms. The molecule has 6 rings (SSSR count). The largest absolute Gasteiger partial charge is 0.368 e. The third kappa shape index (κ3) is 5.22. The summed E-state index contributed by atoms with van der Waals surface area (Å²) in [5.74, 6) is 2.09. The molecule has 1 atom stereocenters. The van der Waals surface area contributed by atoms with E-state index in [9.17, 15) is 9.18 Å². The summed E-state index contributed by atoms with van der Waals surface area (Å²) in [6, 6.07) is 7.19. The molecule has 0 bridgehead atoms. The molecule has 0 aromatic carbocycles. The van der Waals surface area contributed by atoms with Gasteiger partial charge >= 0.3 is 0 Å². The average Bonchev–Trinajstić information content (AvgIpc) is 3.73. The zero-order valence-electron chi connectivity index (χ0n) is 23.9. The summed E-state index contributed by atoms with van der Waals surface area (Å²) >= 11 is 0. The van der Waals surface area contributed by atoms with Crippen LogP contribution in [0.25, 0.3) is 16.9 Å². The van der Waals surface area contributed by atoms with Crippen LogP contribution in [0.5, 0.6) is 0 Å². The number of aromatic amines is 1. The summed E-state index contributed by atoms with van der Waals surface area (Å²) in [6.45, 7) is 3.84. The quantitative estimate of drug-likeness (QED) is 0.249. The van der Waals surface area contributed by atoms with Crippen LogP contribution in [-0.4, -0.2) is 58.1 Å². The molecule has 0 aliphatic heterocycles. The van der Waals surface area contributed by atoms with Crippen molar-refractivity contribution in [2.75, 3.05) is 12.4 Å². The highest BCUT2D eigenvalue weighted by Gasteiger charge is 2.43. The number of ether oxygens (including phenoxy) is 1. The number of carbonyl (C=O) groups excluding carboxylic acids is 1. The minimum absolute atomic E-state index is 0.0724. The van der Waals surface area contributed by atoms with E-state index in [4.69, 9.17) is 14.7 Å². The number of halogens is 1. The van der Waals surface area contributed by atoms with Gasteiger partial charge in [-0.1, -0.05) is 6.07 Å². The SMILES string of the molecule is CO[C@]1(C(=O)N[C@@H](C)c2ccc(-n3cc(F)cn3)nc2)CC[C@@H](c2nc(Nc3cc(C)[nH]n3)c3ccn(C)c3n2)CC1. The molecule has 3 N–H and O–H groups in total. The average molecular weight is 573 g/mol. The number of nitrogens with one attached hydrogen (secondary N) is 3. The van der Waals surface area contributed by atoms with Crippen LogP contribution < -0.4 is 10.6 Å². The fourth-order valence-corrected chi connectivity index (χ4v) is 5.53. The zero-order valence-corrected chi connectivity index (χ0v) is 23.9. The standard InChI is InChI=1S/C29H33FN10O2/c1-17-13-23(38-37-17)34-26-22-9-12-39(3)27(22)36-25(35-26)19-7-10-29(42-4,11-8-19)28(41)33-18(2)20-5-6-24(31-14-20)40-16-21(30)15-32-40/h5-6,9,12-16,18-19H,7-8,10-11H2,1-4H3,(H,33,41)(H2,34,35,36,37,38)/t18-,19-,29-/m0/s1. The number of amides is 1. The van der Waals surface area contributed by atoms with Gasteiger partial charge in [-0.05, 0) is 57.2 Å². The first-order valence-electron chi connectivity index (χ1n) is 13.9. The van der Waals surface area contributed by atoms with Crippen LogP contribution in [0.4, 0.5) is 16.0 Å². The number of aryl methyl sites for hydroxylation is 2. The van der Waals surface area contributed by atoms with Gasteiger partial charge in [0.1, 0.15) is 22.9 Å². The van der Waals surface area contributed by atoms with Gasteiger partial charge in [0.15, 0.2) is 17.5 Å². The molecule has 0 spiro atoms. The number of carbonyl (C=O) groups is 1. The van der Waals surface area contributed by atoms with Gasteiger partial charge in [0.2, 0.25) is 0 Å². The Hall–Kier alpha value is -4.65. The molecular formula is C29H33FN10O2. The summed E-state index contributed by atoms with van der Waals surface area (Å²) in [5.41, 5.74) is 1.65. The molecule has 0 unspecified atom stereocenters. The van der Waals surface area contributed by atoms with Gasteiger partial charge in [-0.2, -0.15) is 10.2 Å². The molecule has 1 fully saturated rings. The van der Waals surface area contributed by atoms with Crippen LogP contribution >= 0.6 is 0 Å². The van der Waals surface area contributed by atoms with E-state index in [0.717, 1.165) is 34.3 Å². The first kappa shape index (κ1) is 27.5. The number of rotatable bonds is 8. The minimum Gasteiger partial charge on any atom is -0.368 e. The van der Waals surface area contributed by atoms with Crippen molar-refractivity contribution in [3.05, 3.63) is 72.0 Å². The Morgan fingerprint density at radius 3 is 2.67 bits per heavy atom. The van der Waals surface area contributed by atoms with Gasteiger partial charge in [0, 0.05) is 44.2 Å². The molecule has 0 saturated heterocycles. The number of anilines is 2. The van der Waals surface area contributed by atoms with Crippen molar-refractivity contribution in [3.63, 3.8) is 0 Å². The molecule has 42 heavy (non-hydrogen) atoms. The lowest BCUT2D eigenvalue weighted by atomic mass is 9.77. The Bertz CT molecular complexity index is 1720. The highest BCUT2D eigenvalue weighted by atomic mass is 19.1. The number of aromatic nitrogens is 8. The number of methoxy groups -OCH3 is 1. The summed E-state index contributed by atoms with van der Waals surface area (Å²) in [7, 11) is 3.55. The van der Waals surface area contributed by atoms with Crippen LogP contribution in [0.3, 0.4) is 0 Å². The summed E-state index contributed by atoms with van der Waals surface area (Å²) in [6.07, 6.45) is 8.46. The van der Waals surface area contributed by atoms with Crippen LogP contribution in [0, 0.1) is 12.7 Å². The van der Waals surface area contributed by atoms with E-state index in [1.54, 1.807) is 19.4 Å². The Morgan fingerprint density at radius 2 is 2.02 bits per heavy atom. The predicted octanol–water partition coefficient (Wildman–Crippen LogP) is 4.38. The van der Waals surface area contributed by atoms with E-state index in [1.807, 2.05) is 49.9 Å². The molecular weight excluding hydrogens is 539 g/mol. The fourth-order valence-electron chi connectivity index (χ4n) is 5.53. The van der Waals surface area contributed by atoms with Crippen LogP contribution in [-0.2, 0) is 16.6 Å². The van der Waals surface area contributed by atoms with Gasteiger partial charge in [-0.25, -0.2) is 24.0 Å².